The zero-order valence-corrected chi connectivity index (χ0v) is 18.2. The standard InChI is InChI=1S/C24H33NO6/c1-3-28-23(27)24(16-30-24)12-6-4-5-7-13-29-19-8-10-20(11-9-19)31-22-17(2)21(22)14-18(25)15-26/h8-11,15,18,21-22H,2-7,12-14,16,25H2,1H3. The maximum absolute atomic E-state index is 11.8. The molecule has 1 aliphatic carbocycles. The summed E-state index contributed by atoms with van der Waals surface area (Å²) in [5.74, 6) is 1.47. The van der Waals surface area contributed by atoms with Crippen LogP contribution in [-0.4, -0.2) is 49.8 Å². The van der Waals surface area contributed by atoms with E-state index in [9.17, 15) is 9.59 Å². The molecule has 0 amide bonds. The number of aldehydes is 1. The van der Waals surface area contributed by atoms with Crippen molar-refractivity contribution in [2.24, 2.45) is 11.7 Å². The van der Waals surface area contributed by atoms with Gasteiger partial charge >= 0.3 is 5.97 Å². The first-order valence-electron chi connectivity index (χ1n) is 11.1. The van der Waals surface area contributed by atoms with Gasteiger partial charge in [0, 0.05) is 5.92 Å². The number of benzene rings is 1. The van der Waals surface area contributed by atoms with E-state index in [-0.39, 0.29) is 18.0 Å². The molecule has 7 heteroatoms. The molecule has 170 valence electrons. The van der Waals surface area contributed by atoms with Crippen LogP contribution < -0.4 is 15.2 Å². The van der Waals surface area contributed by atoms with Gasteiger partial charge in [0.15, 0.2) is 5.60 Å². The molecule has 31 heavy (non-hydrogen) atoms. The number of hydrogen-bond acceptors (Lipinski definition) is 7. The highest BCUT2D eigenvalue weighted by molar-refractivity contribution is 5.82. The number of hydrogen-bond donors (Lipinski definition) is 1. The molecule has 7 nitrogen and oxygen atoms in total. The maximum Gasteiger partial charge on any atom is 0.340 e. The van der Waals surface area contributed by atoms with E-state index in [1.165, 1.54) is 0 Å². The topological polar surface area (TPSA) is 100 Å². The van der Waals surface area contributed by atoms with Gasteiger partial charge in [-0.2, -0.15) is 0 Å². The molecule has 1 aliphatic heterocycles. The molecular formula is C24H33NO6. The van der Waals surface area contributed by atoms with Crippen LogP contribution in [0.4, 0.5) is 0 Å². The minimum atomic E-state index is -0.663. The van der Waals surface area contributed by atoms with E-state index in [0.717, 1.165) is 55.5 Å². The molecule has 3 rings (SSSR count). The van der Waals surface area contributed by atoms with Crippen LogP contribution in [-0.2, 0) is 19.1 Å². The van der Waals surface area contributed by atoms with Crippen LogP contribution >= 0.6 is 0 Å². The summed E-state index contributed by atoms with van der Waals surface area (Å²) in [5, 5.41) is 0. The van der Waals surface area contributed by atoms with E-state index in [1.807, 2.05) is 31.2 Å². The van der Waals surface area contributed by atoms with E-state index in [0.29, 0.717) is 26.2 Å². The van der Waals surface area contributed by atoms with Gasteiger partial charge in [-0.1, -0.05) is 19.4 Å². The monoisotopic (exact) mass is 431 g/mol. The van der Waals surface area contributed by atoms with Crippen LogP contribution in [0.2, 0.25) is 0 Å². The van der Waals surface area contributed by atoms with E-state index in [4.69, 9.17) is 24.7 Å². The van der Waals surface area contributed by atoms with Crippen LogP contribution in [0, 0.1) is 5.92 Å². The molecule has 2 aliphatic rings. The van der Waals surface area contributed by atoms with Crippen molar-refractivity contribution in [3.63, 3.8) is 0 Å². The fraction of sp³-hybridized carbons (Fsp3) is 0.583. The number of carbonyl (C=O) groups excluding carboxylic acids is 2. The molecule has 2 fully saturated rings. The second-order valence-corrected chi connectivity index (χ2v) is 8.24. The zero-order valence-electron chi connectivity index (χ0n) is 18.2. The van der Waals surface area contributed by atoms with Crippen molar-refractivity contribution < 1.29 is 28.5 Å². The molecule has 1 saturated carbocycles. The highest BCUT2D eigenvalue weighted by atomic mass is 16.6. The molecule has 0 bridgehead atoms. The lowest BCUT2D eigenvalue weighted by Crippen LogP contribution is -2.27. The van der Waals surface area contributed by atoms with Gasteiger partial charge in [0.25, 0.3) is 0 Å². The van der Waals surface area contributed by atoms with Gasteiger partial charge in [0.2, 0.25) is 0 Å². The van der Waals surface area contributed by atoms with Gasteiger partial charge in [-0.05, 0) is 62.4 Å². The van der Waals surface area contributed by atoms with Crippen LogP contribution in [0.3, 0.4) is 0 Å². The molecule has 1 heterocycles. The van der Waals surface area contributed by atoms with Crippen molar-refractivity contribution in [2.45, 2.75) is 63.2 Å². The predicted octanol–water partition coefficient (Wildman–Crippen LogP) is 3.20. The summed E-state index contributed by atoms with van der Waals surface area (Å²) in [5.41, 5.74) is 6.00. The van der Waals surface area contributed by atoms with Crippen molar-refractivity contribution in [1.82, 2.24) is 0 Å². The first kappa shape index (κ1) is 23.3. The Morgan fingerprint density at radius 1 is 1.26 bits per heavy atom. The Balaban J connectivity index is 1.26. The molecule has 0 radical (unpaired) electrons. The minimum absolute atomic E-state index is 0.0678. The van der Waals surface area contributed by atoms with E-state index >= 15 is 0 Å². The third-order valence-corrected chi connectivity index (χ3v) is 5.77. The van der Waals surface area contributed by atoms with Gasteiger partial charge < -0.3 is 29.5 Å². The van der Waals surface area contributed by atoms with Gasteiger partial charge in [0.05, 0.1) is 25.9 Å². The summed E-state index contributed by atoms with van der Waals surface area (Å²) in [7, 11) is 0. The molecule has 4 unspecified atom stereocenters. The molecule has 0 aromatic heterocycles. The summed E-state index contributed by atoms with van der Waals surface area (Å²) < 4.78 is 22.1. The van der Waals surface area contributed by atoms with Crippen LogP contribution in [0.15, 0.2) is 36.4 Å². The number of nitrogens with two attached hydrogens (primary N) is 1. The fourth-order valence-electron chi connectivity index (χ4n) is 3.66. The Labute approximate surface area is 183 Å². The lowest BCUT2D eigenvalue weighted by Gasteiger charge is -2.11. The number of unbranched alkanes of at least 4 members (excludes halogenated alkanes) is 3. The Bertz CT molecular complexity index is 758. The molecule has 4 atom stereocenters. The Kier molecular flexibility index (Phi) is 8.09. The second kappa shape index (κ2) is 10.8. The first-order chi connectivity index (χ1) is 15.0. The third-order valence-electron chi connectivity index (χ3n) is 5.77. The number of ether oxygens (including phenoxy) is 4. The third kappa shape index (κ3) is 6.55. The van der Waals surface area contributed by atoms with E-state index in [2.05, 4.69) is 6.58 Å². The summed E-state index contributed by atoms with van der Waals surface area (Å²) in [6.45, 7) is 7.31. The van der Waals surface area contributed by atoms with Gasteiger partial charge in [0.1, 0.15) is 23.9 Å². The van der Waals surface area contributed by atoms with Crippen LogP contribution in [0.1, 0.15) is 45.4 Å². The Hall–Kier alpha value is -2.38. The van der Waals surface area contributed by atoms with Crippen molar-refractivity contribution in [3.05, 3.63) is 36.4 Å². The summed E-state index contributed by atoms with van der Waals surface area (Å²) >= 11 is 0. The normalized spacial score (nSPS) is 24.9. The van der Waals surface area contributed by atoms with Crippen LogP contribution in [0.5, 0.6) is 11.5 Å². The van der Waals surface area contributed by atoms with Gasteiger partial charge in [-0.3, -0.25) is 0 Å². The fourth-order valence-corrected chi connectivity index (χ4v) is 3.66. The second-order valence-electron chi connectivity index (χ2n) is 8.24. The number of esters is 1. The molecule has 1 saturated heterocycles. The lowest BCUT2D eigenvalue weighted by molar-refractivity contribution is -0.149. The van der Waals surface area contributed by atoms with E-state index in [1.54, 1.807) is 0 Å². The van der Waals surface area contributed by atoms with E-state index < -0.39 is 11.6 Å². The number of epoxide rings is 1. The molecule has 1 aromatic carbocycles. The Morgan fingerprint density at radius 2 is 1.94 bits per heavy atom. The maximum atomic E-state index is 11.8. The summed E-state index contributed by atoms with van der Waals surface area (Å²) in [6.07, 6.45) is 5.95. The lowest BCUT2D eigenvalue weighted by atomic mass is 10.0. The van der Waals surface area contributed by atoms with Crippen molar-refractivity contribution in [1.29, 1.82) is 0 Å². The predicted molar refractivity (Wildman–Crippen MR) is 116 cm³/mol. The quantitative estimate of drug-likeness (QED) is 0.150. The van der Waals surface area contributed by atoms with Crippen LogP contribution in [0.25, 0.3) is 0 Å². The van der Waals surface area contributed by atoms with Gasteiger partial charge in [-0.15, -0.1) is 0 Å². The first-order valence-corrected chi connectivity index (χ1v) is 11.1. The molecule has 1 aromatic rings. The van der Waals surface area contributed by atoms with Crippen molar-refractivity contribution in [2.75, 3.05) is 19.8 Å². The smallest absolute Gasteiger partial charge is 0.340 e. The molecule has 2 N–H and O–H groups in total. The Morgan fingerprint density at radius 3 is 2.58 bits per heavy atom. The average Bonchev–Trinajstić information content (AvgIpc) is 3.68. The largest absolute Gasteiger partial charge is 0.494 e. The van der Waals surface area contributed by atoms with Gasteiger partial charge in [-0.25, -0.2) is 4.79 Å². The summed E-state index contributed by atoms with van der Waals surface area (Å²) in [6, 6.07) is 7.07. The highest BCUT2D eigenvalue weighted by Gasteiger charge is 2.52. The number of rotatable bonds is 15. The summed E-state index contributed by atoms with van der Waals surface area (Å²) in [4.78, 5) is 22.5. The SMILES string of the molecule is C=C1C(CC(N)C=O)C1Oc1ccc(OCCCCCCC2(C(=O)OCC)CO2)cc1. The average molecular weight is 432 g/mol. The van der Waals surface area contributed by atoms with Crippen molar-refractivity contribution >= 4 is 12.3 Å². The number of carbonyl (C=O) groups is 2. The highest BCUT2D eigenvalue weighted by Crippen LogP contribution is 2.43. The minimum Gasteiger partial charge on any atom is -0.494 e. The molecular weight excluding hydrogens is 398 g/mol. The zero-order chi connectivity index (χ0) is 22.3. The van der Waals surface area contributed by atoms with Crippen molar-refractivity contribution in [3.8, 4) is 11.5 Å². The molecule has 0 spiro atoms.